The van der Waals surface area contributed by atoms with Crippen LogP contribution in [0.4, 0.5) is 4.79 Å². The molecule has 0 radical (unpaired) electrons. The molecule has 1 fully saturated rings. The standard InChI is InChI=1S/C24H30ClNO6/c1-6-30-20(27)11-8-17-16-18(25)9-10-19(17)24(21(28)31-7-2)12-14-26(15-13-24)22(29)32-23(3,4)5/h9-10,16H,6-7,12-15H2,1-5H3. The molecule has 0 aliphatic carbocycles. The molecule has 8 heteroatoms. The van der Waals surface area contributed by atoms with Crippen LogP contribution in [0.3, 0.4) is 0 Å². The van der Waals surface area contributed by atoms with Gasteiger partial charge in [0.15, 0.2) is 0 Å². The molecule has 0 bridgehead atoms. The average Bonchev–Trinajstić information content (AvgIpc) is 2.71. The second-order valence-electron chi connectivity index (χ2n) is 8.43. The minimum atomic E-state index is -1.03. The molecule has 1 aromatic carbocycles. The molecule has 7 nitrogen and oxygen atoms in total. The molecule has 1 heterocycles. The number of hydrogen-bond donors (Lipinski definition) is 0. The first-order valence-corrected chi connectivity index (χ1v) is 11.0. The van der Waals surface area contributed by atoms with E-state index in [9.17, 15) is 14.4 Å². The largest absolute Gasteiger partial charge is 0.465 e. The molecule has 0 N–H and O–H groups in total. The van der Waals surface area contributed by atoms with E-state index in [1.54, 1.807) is 57.7 Å². The summed E-state index contributed by atoms with van der Waals surface area (Å²) < 4.78 is 15.8. The SMILES string of the molecule is CCOC(=O)C#Cc1cc(Cl)ccc1C1(C(=O)OCC)CCN(C(=O)OC(C)(C)C)CC1. The molecule has 1 aliphatic rings. The third-order valence-corrected chi connectivity index (χ3v) is 5.24. The number of halogens is 1. The Balaban J connectivity index is 2.42. The summed E-state index contributed by atoms with van der Waals surface area (Å²) in [6.07, 6.45) is 0.218. The lowest BCUT2D eigenvalue weighted by atomic mass is 9.71. The van der Waals surface area contributed by atoms with Crippen molar-refractivity contribution in [1.29, 1.82) is 0 Å². The van der Waals surface area contributed by atoms with Crippen molar-refractivity contribution in [2.45, 2.75) is 58.5 Å². The summed E-state index contributed by atoms with van der Waals surface area (Å²) in [4.78, 5) is 39.0. The number of carbonyl (C=O) groups excluding carboxylic acids is 3. The molecule has 1 saturated heterocycles. The Labute approximate surface area is 194 Å². The van der Waals surface area contributed by atoms with Crippen molar-refractivity contribution in [3.63, 3.8) is 0 Å². The van der Waals surface area contributed by atoms with Gasteiger partial charge in [0.05, 0.1) is 18.6 Å². The van der Waals surface area contributed by atoms with E-state index < -0.39 is 29.0 Å². The van der Waals surface area contributed by atoms with Crippen molar-refractivity contribution in [2.24, 2.45) is 0 Å². The number of benzene rings is 1. The zero-order chi connectivity index (χ0) is 23.9. The maximum Gasteiger partial charge on any atom is 0.410 e. The van der Waals surface area contributed by atoms with Crippen LogP contribution in [0.1, 0.15) is 58.6 Å². The summed E-state index contributed by atoms with van der Waals surface area (Å²) in [6, 6.07) is 5.02. The summed E-state index contributed by atoms with van der Waals surface area (Å²) in [5.41, 5.74) is -0.582. The molecule has 0 spiro atoms. The number of piperidine rings is 1. The fraction of sp³-hybridized carbons (Fsp3) is 0.542. The van der Waals surface area contributed by atoms with Crippen LogP contribution in [-0.4, -0.2) is 54.8 Å². The molecule has 0 unspecified atom stereocenters. The number of hydrogen-bond acceptors (Lipinski definition) is 6. The van der Waals surface area contributed by atoms with Crippen LogP contribution >= 0.6 is 11.6 Å². The Kier molecular flexibility index (Phi) is 8.57. The summed E-state index contributed by atoms with van der Waals surface area (Å²) >= 11 is 6.18. The van der Waals surface area contributed by atoms with E-state index in [1.165, 1.54) is 0 Å². The van der Waals surface area contributed by atoms with Gasteiger partial charge in [-0.25, -0.2) is 9.59 Å². The smallest absolute Gasteiger partial charge is 0.410 e. The second kappa shape index (κ2) is 10.7. The second-order valence-corrected chi connectivity index (χ2v) is 8.87. The monoisotopic (exact) mass is 463 g/mol. The molecule has 1 aliphatic heterocycles. The van der Waals surface area contributed by atoms with Crippen molar-refractivity contribution < 1.29 is 28.6 Å². The highest BCUT2D eigenvalue weighted by molar-refractivity contribution is 6.30. The predicted octanol–water partition coefficient (Wildman–Crippen LogP) is 4.09. The van der Waals surface area contributed by atoms with Crippen LogP contribution in [0.2, 0.25) is 5.02 Å². The third-order valence-electron chi connectivity index (χ3n) is 5.01. The molecular weight excluding hydrogens is 434 g/mol. The minimum absolute atomic E-state index is 0.211. The molecule has 1 amide bonds. The maximum absolute atomic E-state index is 13.2. The summed E-state index contributed by atoms with van der Waals surface area (Å²) in [6.45, 7) is 9.89. The van der Waals surface area contributed by atoms with Crippen LogP contribution in [-0.2, 0) is 29.2 Å². The fourth-order valence-corrected chi connectivity index (χ4v) is 3.74. The van der Waals surface area contributed by atoms with Crippen molar-refractivity contribution >= 4 is 29.6 Å². The van der Waals surface area contributed by atoms with Gasteiger partial charge < -0.3 is 19.1 Å². The van der Waals surface area contributed by atoms with Gasteiger partial charge in [0.2, 0.25) is 0 Å². The first-order chi connectivity index (χ1) is 15.0. The Morgan fingerprint density at radius 1 is 1.09 bits per heavy atom. The number of rotatable bonds is 4. The minimum Gasteiger partial charge on any atom is -0.465 e. The zero-order valence-electron chi connectivity index (χ0n) is 19.2. The molecule has 1 aromatic rings. The van der Waals surface area contributed by atoms with E-state index >= 15 is 0 Å². The zero-order valence-corrected chi connectivity index (χ0v) is 20.0. The predicted molar refractivity (Wildman–Crippen MR) is 120 cm³/mol. The van der Waals surface area contributed by atoms with Crippen LogP contribution in [0.25, 0.3) is 0 Å². The van der Waals surface area contributed by atoms with E-state index in [-0.39, 0.29) is 13.2 Å². The molecular formula is C24H30ClNO6. The first-order valence-electron chi connectivity index (χ1n) is 10.7. The van der Waals surface area contributed by atoms with E-state index in [4.69, 9.17) is 25.8 Å². The number of likely N-dealkylation sites (tertiary alicyclic amines) is 1. The molecule has 0 atom stereocenters. The van der Waals surface area contributed by atoms with Crippen LogP contribution in [0, 0.1) is 11.8 Å². The van der Waals surface area contributed by atoms with Gasteiger partial charge in [0.1, 0.15) is 5.60 Å². The molecule has 0 aromatic heterocycles. The van der Waals surface area contributed by atoms with Gasteiger partial charge in [-0.15, -0.1) is 0 Å². The van der Waals surface area contributed by atoms with Gasteiger partial charge in [-0.2, -0.15) is 0 Å². The van der Waals surface area contributed by atoms with Gasteiger partial charge in [-0.1, -0.05) is 23.6 Å². The van der Waals surface area contributed by atoms with Gasteiger partial charge in [-0.3, -0.25) is 4.79 Å². The lowest BCUT2D eigenvalue weighted by molar-refractivity contribution is -0.152. The number of amides is 1. The van der Waals surface area contributed by atoms with Gasteiger partial charge in [-0.05, 0) is 65.2 Å². The van der Waals surface area contributed by atoms with Gasteiger partial charge in [0.25, 0.3) is 0 Å². The summed E-state index contributed by atoms with van der Waals surface area (Å²) in [7, 11) is 0. The Bertz CT molecular complexity index is 917. The third kappa shape index (κ3) is 6.39. The van der Waals surface area contributed by atoms with Crippen LogP contribution < -0.4 is 0 Å². The fourth-order valence-electron chi connectivity index (χ4n) is 3.57. The normalized spacial score (nSPS) is 15.2. The quantitative estimate of drug-likeness (QED) is 0.380. The van der Waals surface area contributed by atoms with Crippen LogP contribution in [0.5, 0.6) is 0 Å². The summed E-state index contributed by atoms with van der Waals surface area (Å²) in [5.74, 6) is 4.18. The van der Waals surface area contributed by atoms with Crippen LogP contribution in [0.15, 0.2) is 18.2 Å². The maximum atomic E-state index is 13.2. The van der Waals surface area contributed by atoms with Gasteiger partial charge >= 0.3 is 18.0 Å². The van der Waals surface area contributed by atoms with Crippen molar-refractivity contribution in [3.8, 4) is 11.8 Å². The topological polar surface area (TPSA) is 82.1 Å². The highest BCUT2D eigenvalue weighted by Crippen LogP contribution is 2.39. The Morgan fingerprint density at radius 3 is 2.28 bits per heavy atom. The molecule has 0 saturated carbocycles. The Morgan fingerprint density at radius 2 is 1.72 bits per heavy atom. The lowest BCUT2D eigenvalue weighted by Gasteiger charge is -2.40. The van der Waals surface area contributed by atoms with E-state index in [1.807, 2.05) is 0 Å². The van der Waals surface area contributed by atoms with Gasteiger partial charge in [0, 0.05) is 29.6 Å². The van der Waals surface area contributed by atoms with E-state index in [0.29, 0.717) is 42.1 Å². The number of ether oxygens (including phenoxy) is 3. The Hall–Kier alpha value is -2.72. The number of nitrogens with zero attached hydrogens (tertiary/aromatic N) is 1. The van der Waals surface area contributed by atoms with E-state index in [2.05, 4.69) is 11.8 Å². The number of carbonyl (C=O) groups is 3. The lowest BCUT2D eigenvalue weighted by Crippen LogP contribution is -2.51. The van der Waals surface area contributed by atoms with E-state index in [0.717, 1.165) is 0 Å². The first kappa shape index (κ1) is 25.5. The van der Waals surface area contributed by atoms with Crippen molar-refractivity contribution in [1.82, 2.24) is 4.90 Å². The number of esters is 2. The highest BCUT2D eigenvalue weighted by Gasteiger charge is 2.46. The summed E-state index contributed by atoms with van der Waals surface area (Å²) in [5, 5.41) is 0.423. The average molecular weight is 464 g/mol. The van der Waals surface area contributed by atoms with Crippen molar-refractivity contribution in [2.75, 3.05) is 26.3 Å². The molecule has 32 heavy (non-hydrogen) atoms. The molecule has 174 valence electrons. The molecule has 2 rings (SSSR count). The highest BCUT2D eigenvalue weighted by atomic mass is 35.5. The van der Waals surface area contributed by atoms with Crippen molar-refractivity contribution in [3.05, 3.63) is 34.3 Å².